The second-order valence-electron chi connectivity index (χ2n) is 4.13. The summed E-state index contributed by atoms with van der Waals surface area (Å²) in [4.78, 5) is 25.6. The summed E-state index contributed by atoms with van der Waals surface area (Å²) < 4.78 is 12.9. The lowest BCUT2D eigenvalue weighted by Crippen LogP contribution is -2.48. The smallest absolute Gasteiger partial charge is 0.326 e. The van der Waals surface area contributed by atoms with E-state index in [2.05, 4.69) is 0 Å². The first-order chi connectivity index (χ1) is 8.88. The number of rotatable bonds is 4. The first kappa shape index (κ1) is 14.9. The highest BCUT2D eigenvalue weighted by molar-refractivity contribution is 5.94. The predicted molar refractivity (Wildman–Crippen MR) is 69.7 cm³/mol. The van der Waals surface area contributed by atoms with E-state index in [0.717, 1.165) is 4.90 Å². The molecule has 0 aliphatic rings. The van der Waals surface area contributed by atoms with Crippen molar-refractivity contribution in [3.8, 4) is 0 Å². The lowest BCUT2D eigenvalue weighted by Gasteiger charge is -2.29. The number of nitrogens with zero attached hydrogens (tertiary/aromatic N) is 2. The Hall–Kier alpha value is -2.11. The number of carboxylic acids is 1. The fourth-order valence-electron chi connectivity index (χ4n) is 1.57. The number of hydrogen-bond acceptors (Lipinski definition) is 2. The number of urea groups is 1. The van der Waals surface area contributed by atoms with E-state index >= 15 is 0 Å². The first-order valence-electron chi connectivity index (χ1n) is 5.91. The highest BCUT2D eigenvalue weighted by Crippen LogP contribution is 2.17. The molecule has 0 fully saturated rings. The Bertz CT molecular complexity index is 461. The van der Waals surface area contributed by atoms with Crippen LogP contribution in [0.25, 0.3) is 0 Å². The van der Waals surface area contributed by atoms with Gasteiger partial charge in [0.1, 0.15) is 11.9 Å². The molecule has 0 saturated heterocycles. The van der Waals surface area contributed by atoms with Crippen LogP contribution in [0, 0.1) is 5.82 Å². The zero-order valence-corrected chi connectivity index (χ0v) is 11.1. The normalized spacial score (nSPS) is 11.8. The van der Waals surface area contributed by atoms with Gasteiger partial charge in [-0.2, -0.15) is 0 Å². The van der Waals surface area contributed by atoms with Crippen molar-refractivity contribution in [1.82, 2.24) is 4.90 Å². The summed E-state index contributed by atoms with van der Waals surface area (Å²) in [5, 5.41) is 8.90. The third kappa shape index (κ3) is 3.43. The minimum Gasteiger partial charge on any atom is -0.480 e. The molecule has 104 valence electrons. The number of likely N-dealkylation sites (N-methyl/N-ethyl adjacent to an activating group) is 1. The fourth-order valence-corrected chi connectivity index (χ4v) is 1.57. The van der Waals surface area contributed by atoms with Crippen LogP contribution in [0.3, 0.4) is 0 Å². The largest absolute Gasteiger partial charge is 0.480 e. The van der Waals surface area contributed by atoms with Crippen molar-refractivity contribution in [2.24, 2.45) is 0 Å². The third-order valence-electron chi connectivity index (χ3n) is 2.93. The Morgan fingerprint density at radius 2 is 1.84 bits per heavy atom. The Morgan fingerprint density at radius 1 is 1.32 bits per heavy atom. The molecule has 6 heteroatoms. The van der Waals surface area contributed by atoms with Crippen LogP contribution in [0.5, 0.6) is 0 Å². The summed E-state index contributed by atoms with van der Waals surface area (Å²) in [7, 11) is 1.42. The van der Waals surface area contributed by atoms with Crippen LogP contribution in [0.4, 0.5) is 14.9 Å². The number of anilines is 1. The molecule has 0 aliphatic heterocycles. The third-order valence-corrected chi connectivity index (χ3v) is 2.93. The van der Waals surface area contributed by atoms with Crippen LogP contribution in [0.15, 0.2) is 24.3 Å². The highest BCUT2D eigenvalue weighted by Gasteiger charge is 2.26. The Balaban J connectivity index is 2.94. The zero-order valence-electron chi connectivity index (χ0n) is 11.1. The van der Waals surface area contributed by atoms with E-state index < -0.39 is 18.0 Å². The fraction of sp³-hybridized carbons (Fsp3) is 0.385. The van der Waals surface area contributed by atoms with Gasteiger partial charge in [0.25, 0.3) is 0 Å². The molecule has 0 radical (unpaired) electrons. The standard InChI is InChI=1S/C13H17FN2O3/c1-4-16(11-7-5-10(14)6-8-11)13(19)15(3)9(2)12(17)18/h5-9H,4H2,1-3H3,(H,17,18). The van der Waals surface area contributed by atoms with Gasteiger partial charge in [-0.3, -0.25) is 4.90 Å². The summed E-state index contributed by atoms with van der Waals surface area (Å²) in [6, 6.07) is 4.11. The van der Waals surface area contributed by atoms with E-state index in [0.29, 0.717) is 12.2 Å². The minimum atomic E-state index is -1.08. The number of halogens is 1. The summed E-state index contributed by atoms with van der Waals surface area (Å²) >= 11 is 0. The van der Waals surface area contributed by atoms with E-state index in [4.69, 9.17) is 5.11 Å². The van der Waals surface area contributed by atoms with Crippen molar-refractivity contribution in [2.45, 2.75) is 19.9 Å². The lowest BCUT2D eigenvalue weighted by molar-refractivity contribution is -0.141. The van der Waals surface area contributed by atoms with Crippen molar-refractivity contribution in [3.63, 3.8) is 0 Å². The van der Waals surface area contributed by atoms with Gasteiger partial charge in [0.2, 0.25) is 0 Å². The number of aliphatic carboxylic acids is 1. The average molecular weight is 268 g/mol. The summed E-state index contributed by atoms with van der Waals surface area (Å²) in [6.07, 6.45) is 0. The molecule has 1 aromatic carbocycles. The molecule has 2 amide bonds. The van der Waals surface area contributed by atoms with Gasteiger partial charge in [0, 0.05) is 19.3 Å². The van der Waals surface area contributed by atoms with Gasteiger partial charge in [0.05, 0.1) is 0 Å². The van der Waals surface area contributed by atoms with Gasteiger partial charge in [-0.05, 0) is 38.1 Å². The predicted octanol–water partition coefficient (Wildman–Crippen LogP) is 2.18. The van der Waals surface area contributed by atoms with Crippen molar-refractivity contribution in [2.75, 3.05) is 18.5 Å². The second kappa shape index (κ2) is 6.17. The molecular formula is C13H17FN2O3. The van der Waals surface area contributed by atoms with Crippen LogP contribution in [-0.4, -0.2) is 41.6 Å². The maximum Gasteiger partial charge on any atom is 0.326 e. The molecule has 1 unspecified atom stereocenters. The van der Waals surface area contributed by atoms with Crippen LogP contribution in [0.2, 0.25) is 0 Å². The Kier molecular flexibility index (Phi) is 4.86. The molecular weight excluding hydrogens is 251 g/mol. The molecule has 0 aromatic heterocycles. The molecule has 19 heavy (non-hydrogen) atoms. The molecule has 1 N–H and O–H groups in total. The van der Waals surface area contributed by atoms with Gasteiger partial charge in [-0.15, -0.1) is 0 Å². The molecule has 0 aliphatic carbocycles. The molecule has 1 aromatic rings. The monoisotopic (exact) mass is 268 g/mol. The molecule has 1 rings (SSSR count). The van der Waals surface area contributed by atoms with E-state index in [-0.39, 0.29) is 5.82 Å². The van der Waals surface area contributed by atoms with Gasteiger partial charge in [0.15, 0.2) is 0 Å². The van der Waals surface area contributed by atoms with Crippen LogP contribution in [-0.2, 0) is 4.79 Å². The zero-order chi connectivity index (χ0) is 14.6. The van der Waals surface area contributed by atoms with E-state index in [1.807, 2.05) is 0 Å². The van der Waals surface area contributed by atoms with Crippen LogP contribution in [0.1, 0.15) is 13.8 Å². The lowest BCUT2D eigenvalue weighted by atomic mass is 10.2. The van der Waals surface area contributed by atoms with Crippen molar-refractivity contribution in [3.05, 3.63) is 30.1 Å². The van der Waals surface area contributed by atoms with Crippen molar-refractivity contribution < 1.29 is 19.1 Å². The Morgan fingerprint density at radius 3 is 2.26 bits per heavy atom. The first-order valence-corrected chi connectivity index (χ1v) is 5.91. The molecule has 0 bridgehead atoms. The van der Waals surface area contributed by atoms with Gasteiger partial charge < -0.3 is 10.0 Å². The maximum atomic E-state index is 12.9. The second-order valence-corrected chi connectivity index (χ2v) is 4.13. The number of amides is 2. The average Bonchev–Trinajstić information content (AvgIpc) is 2.39. The maximum absolute atomic E-state index is 12.9. The highest BCUT2D eigenvalue weighted by atomic mass is 19.1. The molecule has 5 nitrogen and oxygen atoms in total. The van der Waals surface area contributed by atoms with E-state index in [9.17, 15) is 14.0 Å². The summed E-state index contributed by atoms with van der Waals surface area (Å²) in [6.45, 7) is 3.56. The van der Waals surface area contributed by atoms with E-state index in [1.54, 1.807) is 6.92 Å². The summed E-state index contributed by atoms with van der Waals surface area (Å²) in [5.74, 6) is -1.47. The van der Waals surface area contributed by atoms with Crippen LogP contribution < -0.4 is 4.90 Å². The van der Waals surface area contributed by atoms with Gasteiger partial charge >= 0.3 is 12.0 Å². The van der Waals surface area contributed by atoms with Crippen molar-refractivity contribution >= 4 is 17.7 Å². The number of carbonyl (C=O) groups is 2. The molecule has 1 atom stereocenters. The Labute approximate surface area is 111 Å². The number of carboxylic acid groups (broad SMARTS) is 1. The molecule has 0 saturated carbocycles. The van der Waals surface area contributed by atoms with Gasteiger partial charge in [-0.25, -0.2) is 14.0 Å². The SMILES string of the molecule is CCN(C(=O)N(C)C(C)C(=O)O)c1ccc(F)cc1. The molecule has 0 spiro atoms. The van der Waals surface area contributed by atoms with Gasteiger partial charge in [-0.1, -0.05) is 0 Å². The topological polar surface area (TPSA) is 60.9 Å². The summed E-state index contributed by atoms with van der Waals surface area (Å²) in [5.41, 5.74) is 0.526. The van der Waals surface area contributed by atoms with Crippen molar-refractivity contribution in [1.29, 1.82) is 0 Å². The number of benzene rings is 1. The minimum absolute atomic E-state index is 0.362. The number of carbonyl (C=O) groups excluding carboxylic acids is 1. The molecule has 0 heterocycles. The quantitative estimate of drug-likeness (QED) is 0.910. The van der Waals surface area contributed by atoms with Crippen LogP contribution >= 0.6 is 0 Å². The number of hydrogen-bond donors (Lipinski definition) is 1. The van der Waals surface area contributed by atoms with E-state index in [1.165, 1.54) is 43.1 Å².